The zero-order valence-corrected chi connectivity index (χ0v) is 10.9. The van der Waals surface area contributed by atoms with Crippen LogP contribution in [0.25, 0.3) is 0 Å². The van der Waals surface area contributed by atoms with E-state index in [-0.39, 0.29) is 6.54 Å². The smallest absolute Gasteiger partial charge is 0.392 e. The number of H-pyrrole nitrogens is 1. The average Bonchev–Trinajstić information content (AvgIpc) is 2.71. The lowest BCUT2D eigenvalue weighted by Gasteiger charge is -2.17. The Hall–Kier alpha value is -1.19. The number of aromatic amines is 1. The highest BCUT2D eigenvalue weighted by atomic mass is 32.2. The Balaban J connectivity index is 2.28. The summed E-state index contributed by atoms with van der Waals surface area (Å²) < 4.78 is 27.0. The number of rotatable bonds is 8. The number of hydrogen-bond donors (Lipinski definition) is 3. The van der Waals surface area contributed by atoms with Crippen LogP contribution >= 0.6 is 0 Å². The molecule has 0 bridgehead atoms. The van der Waals surface area contributed by atoms with Gasteiger partial charge in [0.1, 0.15) is 0 Å². The fourth-order valence-electron chi connectivity index (χ4n) is 1.52. The molecule has 0 saturated heterocycles. The molecule has 18 heavy (non-hydrogen) atoms. The lowest BCUT2D eigenvalue weighted by atomic mass is 10.1. The lowest BCUT2D eigenvalue weighted by molar-refractivity contribution is 0.137. The van der Waals surface area contributed by atoms with Crippen LogP contribution in [0.3, 0.4) is 0 Å². The molecule has 104 valence electrons. The van der Waals surface area contributed by atoms with Crippen LogP contribution in [0.15, 0.2) is 9.32 Å². The first-order chi connectivity index (χ1) is 8.52. The van der Waals surface area contributed by atoms with E-state index in [0.717, 1.165) is 0 Å². The SMILES string of the molecule is CCN(C[C@@H](O)CCCc1noc(=O)[nH]1)[SH](=O)=O. The summed E-state index contributed by atoms with van der Waals surface area (Å²) in [6, 6.07) is 0. The normalized spacial score (nSPS) is 13.3. The van der Waals surface area contributed by atoms with Gasteiger partial charge in [-0.2, -0.15) is 0 Å². The van der Waals surface area contributed by atoms with Crippen molar-refractivity contribution in [3.63, 3.8) is 0 Å². The summed E-state index contributed by atoms with van der Waals surface area (Å²) in [5.41, 5.74) is 0. The highest BCUT2D eigenvalue weighted by Gasteiger charge is 2.12. The predicted octanol–water partition coefficient (Wildman–Crippen LogP) is -1.11. The van der Waals surface area contributed by atoms with E-state index in [1.165, 1.54) is 4.31 Å². The third-order valence-corrected chi connectivity index (χ3v) is 3.36. The third-order valence-electron chi connectivity index (χ3n) is 2.45. The minimum absolute atomic E-state index is 0.0878. The Morgan fingerprint density at radius 3 is 2.78 bits per heavy atom. The van der Waals surface area contributed by atoms with Crippen molar-refractivity contribution >= 4 is 10.9 Å². The van der Waals surface area contributed by atoms with Crippen molar-refractivity contribution in [2.24, 2.45) is 0 Å². The van der Waals surface area contributed by atoms with Crippen LogP contribution < -0.4 is 5.76 Å². The second-order valence-corrected chi connectivity index (χ2v) is 4.87. The number of nitrogens with zero attached hydrogens (tertiary/aromatic N) is 2. The highest BCUT2D eigenvalue weighted by molar-refractivity contribution is 7.69. The summed E-state index contributed by atoms with van der Waals surface area (Å²) in [7, 11) is -2.65. The quantitative estimate of drug-likeness (QED) is 0.520. The summed E-state index contributed by atoms with van der Waals surface area (Å²) in [5.74, 6) is -0.180. The second-order valence-electron chi connectivity index (χ2n) is 3.83. The summed E-state index contributed by atoms with van der Waals surface area (Å²) >= 11 is 0. The van der Waals surface area contributed by atoms with E-state index in [1.54, 1.807) is 6.92 Å². The van der Waals surface area contributed by atoms with Gasteiger partial charge in [-0.05, 0) is 12.8 Å². The van der Waals surface area contributed by atoms with Gasteiger partial charge in [-0.1, -0.05) is 12.1 Å². The van der Waals surface area contributed by atoms with Crippen LogP contribution in [-0.2, 0) is 17.3 Å². The molecule has 0 radical (unpaired) electrons. The van der Waals surface area contributed by atoms with Crippen LogP contribution in [-0.4, -0.2) is 47.2 Å². The molecule has 0 aliphatic carbocycles. The van der Waals surface area contributed by atoms with E-state index >= 15 is 0 Å². The highest BCUT2D eigenvalue weighted by Crippen LogP contribution is 2.04. The van der Waals surface area contributed by atoms with Crippen molar-refractivity contribution in [3.8, 4) is 0 Å². The van der Waals surface area contributed by atoms with E-state index in [0.29, 0.717) is 31.6 Å². The lowest BCUT2D eigenvalue weighted by Crippen LogP contribution is -2.31. The van der Waals surface area contributed by atoms with Crippen molar-refractivity contribution in [2.45, 2.75) is 32.3 Å². The molecular formula is C9H17N3O5S. The first kappa shape index (κ1) is 14.9. The summed E-state index contributed by atoms with van der Waals surface area (Å²) in [6.45, 7) is 2.13. The van der Waals surface area contributed by atoms with Gasteiger partial charge in [0.05, 0.1) is 6.10 Å². The van der Waals surface area contributed by atoms with Crippen LogP contribution in [0.1, 0.15) is 25.6 Å². The average molecular weight is 279 g/mol. The number of aliphatic hydroxyl groups is 1. The zero-order valence-electron chi connectivity index (χ0n) is 10.0. The molecule has 0 aliphatic rings. The number of aryl methyl sites for hydroxylation is 1. The largest absolute Gasteiger partial charge is 0.438 e. The molecule has 0 saturated carbocycles. The second kappa shape index (κ2) is 7.29. The molecule has 0 aliphatic heterocycles. The number of likely N-dealkylation sites (N-methyl/N-ethyl adjacent to an activating group) is 1. The van der Waals surface area contributed by atoms with Crippen LogP contribution in [0.2, 0.25) is 0 Å². The van der Waals surface area contributed by atoms with Gasteiger partial charge in [-0.15, -0.1) is 0 Å². The molecule has 0 aromatic carbocycles. The molecular weight excluding hydrogens is 262 g/mol. The first-order valence-corrected chi connectivity index (χ1v) is 6.78. The molecule has 1 aromatic heterocycles. The molecule has 1 heterocycles. The van der Waals surface area contributed by atoms with Gasteiger partial charge in [0.25, 0.3) is 0 Å². The molecule has 2 N–H and O–H groups in total. The van der Waals surface area contributed by atoms with Crippen LogP contribution in [0, 0.1) is 0 Å². The number of hydrogen-bond acceptors (Lipinski definition) is 6. The van der Waals surface area contributed by atoms with Gasteiger partial charge < -0.3 is 5.11 Å². The Labute approximate surface area is 106 Å². The van der Waals surface area contributed by atoms with Gasteiger partial charge in [-0.3, -0.25) is 9.51 Å². The Morgan fingerprint density at radius 1 is 1.56 bits per heavy atom. The number of aromatic nitrogens is 2. The fraction of sp³-hybridized carbons (Fsp3) is 0.778. The molecule has 0 amide bonds. The van der Waals surface area contributed by atoms with E-state index in [2.05, 4.69) is 14.7 Å². The van der Waals surface area contributed by atoms with Crippen molar-refractivity contribution < 1.29 is 18.0 Å². The molecule has 0 fully saturated rings. The van der Waals surface area contributed by atoms with Crippen LogP contribution in [0.4, 0.5) is 0 Å². The first-order valence-electron chi connectivity index (χ1n) is 5.65. The molecule has 1 aromatic rings. The third kappa shape index (κ3) is 4.98. The topological polar surface area (TPSA) is 116 Å². The van der Waals surface area contributed by atoms with E-state index in [4.69, 9.17) is 0 Å². The molecule has 1 atom stereocenters. The maximum absolute atomic E-state index is 10.8. The maximum atomic E-state index is 10.8. The molecule has 1 rings (SSSR count). The van der Waals surface area contributed by atoms with Gasteiger partial charge >= 0.3 is 5.76 Å². The van der Waals surface area contributed by atoms with Gasteiger partial charge in [0, 0.05) is 19.5 Å². The van der Waals surface area contributed by atoms with Gasteiger partial charge in [-0.25, -0.2) is 17.5 Å². The molecule has 0 unspecified atom stereocenters. The fourth-order valence-corrected chi connectivity index (χ4v) is 2.07. The number of aliphatic hydroxyl groups excluding tert-OH is 1. The summed E-state index contributed by atoms with van der Waals surface area (Å²) in [5, 5.41) is 13.1. The zero-order chi connectivity index (χ0) is 13.5. The van der Waals surface area contributed by atoms with Gasteiger partial charge in [0.15, 0.2) is 5.82 Å². The van der Waals surface area contributed by atoms with Crippen molar-refractivity contribution in [3.05, 3.63) is 16.4 Å². The minimum Gasteiger partial charge on any atom is -0.392 e. The van der Waals surface area contributed by atoms with Crippen molar-refractivity contribution in [1.29, 1.82) is 0 Å². The van der Waals surface area contributed by atoms with Crippen molar-refractivity contribution in [2.75, 3.05) is 13.1 Å². The maximum Gasteiger partial charge on any atom is 0.438 e. The Morgan fingerprint density at radius 2 is 2.28 bits per heavy atom. The standard InChI is InChI=1S/C9H17N3O5S/c1-2-12(18(15)16)6-7(13)4-3-5-8-10-9(14)17-11-8/h7,13,18H,2-6H2,1H3,(H,10,11,14)/t7-/m0/s1. The number of thiol groups is 1. The van der Waals surface area contributed by atoms with E-state index in [9.17, 15) is 18.3 Å². The Bertz CT molecular complexity index is 473. The Kier molecular flexibility index (Phi) is 6.02. The summed E-state index contributed by atoms with van der Waals surface area (Å²) in [6.07, 6.45) is 0.751. The predicted molar refractivity (Wildman–Crippen MR) is 63.6 cm³/mol. The van der Waals surface area contributed by atoms with E-state index < -0.39 is 22.8 Å². The molecule has 0 spiro atoms. The van der Waals surface area contributed by atoms with Crippen LogP contribution in [0.5, 0.6) is 0 Å². The van der Waals surface area contributed by atoms with E-state index in [1.807, 2.05) is 0 Å². The summed E-state index contributed by atoms with van der Waals surface area (Å²) in [4.78, 5) is 13.0. The molecule has 9 heteroatoms. The number of nitrogens with one attached hydrogen (secondary N) is 1. The van der Waals surface area contributed by atoms with Gasteiger partial charge in [0.2, 0.25) is 10.9 Å². The van der Waals surface area contributed by atoms with Crippen molar-refractivity contribution in [1.82, 2.24) is 14.4 Å². The monoisotopic (exact) mass is 279 g/mol. The minimum atomic E-state index is -2.65. The molecule has 8 nitrogen and oxygen atoms in total.